The van der Waals surface area contributed by atoms with Gasteiger partial charge in [-0.3, -0.25) is 14.5 Å². The van der Waals surface area contributed by atoms with E-state index in [2.05, 4.69) is 5.32 Å². The molecular formula is C15H19N3O2S3. The number of hydrogen-bond donors (Lipinski definition) is 1. The monoisotopic (exact) mass is 369 g/mol. The topological polar surface area (TPSA) is 52.7 Å². The zero-order valence-electron chi connectivity index (χ0n) is 13.1. The summed E-state index contributed by atoms with van der Waals surface area (Å²) in [6, 6.07) is 3.89. The summed E-state index contributed by atoms with van der Waals surface area (Å²) in [5.74, 6) is -0.183. The summed E-state index contributed by atoms with van der Waals surface area (Å²) < 4.78 is 0.513. The van der Waals surface area contributed by atoms with Crippen molar-refractivity contribution >= 4 is 57.5 Å². The van der Waals surface area contributed by atoms with Crippen molar-refractivity contribution < 1.29 is 9.59 Å². The molecule has 0 atom stereocenters. The van der Waals surface area contributed by atoms with Crippen LogP contribution in [-0.2, 0) is 9.59 Å². The first-order valence-corrected chi connectivity index (χ1v) is 9.28. The molecule has 8 heteroatoms. The van der Waals surface area contributed by atoms with Crippen molar-refractivity contribution in [1.29, 1.82) is 0 Å². The van der Waals surface area contributed by atoms with Gasteiger partial charge in [-0.2, -0.15) is 0 Å². The molecule has 5 nitrogen and oxygen atoms in total. The molecule has 1 fully saturated rings. The number of thiocarbonyl (C=S) groups is 1. The summed E-state index contributed by atoms with van der Waals surface area (Å²) >= 11 is 8.12. The first-order chi connectivity index (χ1) is 11.0. The lowest BCUT2D eigenvalue weighted by atomic mass is 10.3. The third kappa shape index (κ3) is 5.42. The SMILES string of the molecule is CN(C)CCNC(=O)CCN1C(=O)/C(=C\c2cccs2)SC1=S. The number of likely N-dealkylation sites (N-methyl/N-ethyl adjacent to an activating group) is 1. The Morgan fingerprint density at radius 2 is 2.26 bits per heavy atom. The minimum Gasteiger partial charge on any atom is -0.355 e. The maximum atomic E-state index is 12.4. The van der Waals surface area contributed by atoms with Crippen LogP contribution < -0.4 is 5.32 Å². The molecule has 0 unspecified atom stereocenters. The predicted molar refractivity (Wildman–Crippen MR) is 100 cm³/mol. The highest BCUT2D eigenvalue weighted by atomic mass is 32.2. The van der Waals surface area contributed by atoms with Crippen LogP contribution in [0.2, 0.25) is 0 Å². The lowest BCUT2D eigenvalue weighted by Gasteiger charge is -2.14. The highest BCUT2D eigenvalue weighted by Gasteiger charge is 2.32. The molecule has 23 heavy (non-hydrogen) atoms. The predicted octanol–water partition coefficient (Wildman–Crippen LogP) is 2.02. The third-order valence-electron chi connectivity index (χ3n) is 3.13. The molecule has 2 rings (SSSR count). The molecule has 1 aromatic heterocycles. The van der Waals surface area contributed by atoms with Gasteiger partial charge in [-0.25, -0.2) is 0 Å². The van der Waals surface area contributed by atoms with Gasteiger partial charge in [0.15, 0.2) is 0 Å². The zero-order chi connectivity index (χ0) is 16.8. The van der Waals surface area contributed by atoms with E-state index in [0.717, 1.165) is 11.4 Å². The van der Waals surface area contributed by atoms with Gasteiger partial charge in [0, 0.05) is 30.9 Å². The molecule has 0 aliphatic carbocycles. The molecule has 124 valence electrons. The fourth-order valence-corrected chi connectivity index (χ4v) is 3.95. The van der Waals surface area contributed by atoms with Crippen LogP contribution in [0.25, 0.3) is 6.08 Å². The van der Waals surface area contributed by atoms with Crippen molar-refractivity contribution in [2.75, 3.05) is 33.7 Å². The van der Waals surface area contributed by atoms with E-state index in [1.54, 1.807) is 11.3 Å². The smallest absolute Gasteiger partial charge is 0.266 e. The standard InChI is InChI=1S/C15H19N3O2S3/c1-17(2)8-6-16-13(19)5-7-18-14(20)12(23-15(18)21)10-11-4-3-9-22-11/h3-4,9-10H,5-8H2,1-2H3,(H,16,19)/b12-10+. The highest BCUT2D eigenvalue weighted by molar-refractivity contribution is 8.26. The van der Waals surface area contributed by atoms with Gasteiger partial charge in [-0.15, -0.1) is 11.3 Å². The fourth-order valence-electron chi connectivity index (χ4n) is 1.92. The van der Waals surface area contributed by atoms with Crippen LogP contribution in [0, 0.1) is 0 Å². The van der Waals surface area contributed by atoms with Crippen molar-refractivity contribution in [3.05, 3.63) is 27.3 Å². The Bertz CT molecular complexity index is 611. The molecule has 2 amide bonds. The Kier molecular flexibility index (Phi) is 6.76. The largest absolute Gasteiger partial charge is 0.355 e. The van der Waals surface area contributed by atoms with Crippen LogP contribution >= 0.6 is 35.3 Å². The number of carbonyl (C=O) groups is 2. The van der Waals surface area contributed by atoms with Gasteiger partial charge in [0.2, 0.25) is 5.91 Å². The number of rotatable bonds is 7. The first-order valence-electron chi connectivity index (χ1n) is 7.17. The Labute approximate surface area is 149 Å². The first kappa shape index (κ1) is 18.1. The van der Waals surface area contributed by atoms with Crippen LogP contribution in [0.15, 0.2) is 22.4 Å². The molecule has 0 saturated carbocycles. The summed E-state index contributed by atoms with van der Waals surface area (Å²) in [5.41, 5.74) is 0. The van der Waals surface area contributed by atoms with Gasteiger partial charge in [0.05, 0.1) is 4.91 Å². The third-order valence-corrected chi connectivity index (χ3v) is 5.33. The maximum absolute atomic E-state index is 12.4. The molecule has 2 heterocycles. The van der Waals surface area contributed by atoms with Gasteiger partial charge >= 0.3 is 0 Å². The molecule has 0 bridgehead atoms. The summed E-state index contributed by atoms with van der Waals surface area (Å²) in [5, 5.41) is 4.80. The van der Waals surface area contributed by atoms with Gasteiger partial charge < -0.3 is 10.2 Å². The second kappa shape index (κ2) is 8.58. The van der Waals surface area contributed by atoms with Gasteiger partial charge in [-0.1, -0.05) is 30.0 Å². The number of thiophene rings is 1. The molecule has 0 spiro atoms. The number of carbonyl (C=O) groups excluding carboxylic acids is 2. The van der Waals surface area contributed by atoms with E-state index in [4.69, 9.17) is 12.2 Å². The van der Waals surface area contributed by atoms with Crippen molar-refractivity contribution in [2.45, 2.75) is 6.42 Å². The lowest BCUT2D eigenvalue weighted by molar-refractivity contribution is -0.123. The Balaban J connectivity index is 1.85. The van der Waals surface area contributed by atoms with E-state index in [-0.39, 0.29) is 18.2 Å². The van der Waals surface area contributed by atoms with Crippen LogP contribution in [-0.4, -0.2) is 59.7 Å². The maximum Gasteiger partial charge on any atom is 0.266 e. The number of thioether (sulfide) groups is 1. The quantitative estimate of drug-likeness (QED) is 0.589. The van der Waals surface area contributed by atoms with Gasteiger partial charge in [0.25, 0.3) is 5.91 Å². The molecule has 0 radical (unpaired) electrons. The van der Waals surface area contributed by atoms with Crippen molar-refractivity contribution in [1.82, 2.24) is 15.1 Å². The molecule has 0 aromatic carbocycles. The number of hydrogen-bond acceptors (Lipinski definition) is 6. The minimum absolute atomic E-state index is 0.0665. The van der Waals surface area contributed by atoms with E-state index in [9.17, 15) is 9.59 Å². The average molecular weight is 370 g/mol. The van der Waals surface area contributed by atoms with Crippen LogP contribution in [0.1, 0.15) is 11.3 Å². The molecule has 1 aliphatic rings. The number of nitrogens with one attached hydrogen (secondary N) is 1. The van der Waals surface area contributed by atoms with E-state index in [0.29, 0.717) is 22.3 Å². The Morgan fingerprint density at radius 3 is 2.91 bits per heavy atom. The molecule has 1 N–H and O–H groups in total. The van der Waals surface area contributed by atoms with E-state index >= 15 is 0 Å². The molecule has 1 saturated heterocycles. The normalized spacial score (nSPS) is 16.7. The molecule has 1 aromatic rings. The average Bonchev–Trinajstić information content (AvgIpc) is 3.07. The Morgan fingerprint density at radius 1 is 1.48 bits per heavy atom. The summed E-state index contributed by atoms with van der Waals surface area (Å²) in [7, 11) is 3.90. The summed E-state index contributed by atoms with van der Waals surface area (Å²) in [6.45, 7) is 1.71. The lowest BCUT2D eigenvalue weighted by Crippen LogP contribution is -2.35. The summed E-state index contributed by atoms with van der Waals surface area (Å²) in [6.07, 6.45) is 2.10. The van der Waals surface area contributed by atoms with Crippen LogP contribution in [0.4, 0.5) is 0 Å². The number of nitrogens with zero attached hydrogens (tertiary/aromatic N) is 2. The molecule has 1 aliphatic heterocycles. The second-order valence-corrected chi connectivity index (χ2v) is 7.91. The van der Waals surface area contributed by atoms with Crippen molar-refractivity contribution in [3.63, 3.8) is 0 Å². The number of amides is 2. The highest BCUT2D eigenvalue weighted by Crippen LogP contribution is 2.33. The summed E-state index contributed by atoms with van der Waals surface area (Å²) in [4.78, 5) is 29.3. The fraction of sp³-hybridized carbons (Fsp3) is 0.400. The van der Waals surface area contributed by atoms with Gasteiger partial charge in [-0.05, 0) is 31.6 Å². The van der Waals surface area contributed by atoms with Crippen molar-refractivity contribution in [3.8, 4) is 0 Å². The Hall–Kier alpha value is -1.22. The van der Waals surface area contributed by atoms with E-state index in [1.807, 2.05) is 42.6 Å². The second-order valence-electron chi connectivity index (χ2n) is 5.25. The van der Waals surface area contributed by atoms with Crippen molar-refractivity contribution in [2.24, 2.45) is 0 Å². The minimum atomic E-state index is -0.116. The van der Waals surface area contributed by atoms with Gasteiger partial charge in [0.1, 0.15) is 4.32 Å². The van der Waals surface area contributed by atoms with Crippen LogP contribution in [0.3, 0.4) is 0 Å². The molecular weight excluding hydrogens is 350 g/mol. The van der Waals surface area contributed by atoms with Crippen LogP contribution in [0.5, 0.6) is 0 Å². The van der Waals surface area contributed by atoms with E-state index < -0.39 is 0 Å². The van der Waals surface area contributed by atoms with E-state index in [1.165, 1.54) is 16.7 Å². The zero-order valence-corrected chi connectivity index (χ0v) is 15.5.